The summed E-state index contributed by atoms with van der Waals surface area (Å²) < 4.78 is 0. The van der Waals surface area contributed by atoms with Crippen LogP contribution in [-0.2, 0) is 6.54 Å². The van der Waals surface area contributed by atoms with Gasteiger partial charge in [0.15, 0.2) is 0 Å². The SMILES string of the molecule is CCC(C)C1CN(Cc2ccccc2Cl)C(C)CN1. The lowest BCUT2D eigenvalue weighted by atomic mass is 9.95. The van der Waals surface area contributed by atoms with Gasteiger partial charge in [-0.15, -0.1) is 0 Å². The Labute approximate surface area is 122 Å². The van der Waals surface area contributed by atoms with E-state index in [1.54, 1.807) is 0 Å². The lowest BCUT2D eigenvalue weighted by molar-refractivity contribution is 0.112. The number of nitrogens with zero attached hydrogens (tertiary/aromatic N) is 1. The van der Waals surface area contributed by atoms with Crippen molar-refractivity contribution in [2.75, 3.05) is 13.1 Å². The molecule has 3 unspecified atom stereocenters. The van der Waals surface area contributed by atoms with Crippen molar-refractivity contribution in [1.29, 1.82) is 0 Å². The summed E-state index contributed by atoms with van der Waals surface area (Å²) in [5.41, 5.74) is 1.24. The van der Waals surface area contributed by atoms with Crippen molar-refractivity contribution in [2.45, 2.75) is 45.8 Å². The van der Waals surface area contributed by atoms with E-state index in [1.807, 2.05) is 12.1 Å². The molecule has 0 aliphatic carbocycles. The van der Waals surface area contributed by atoms with Gasteiger partial charge in [-0.25, -0.2) is 0 Å². The highest BCUT2D eigenvalue weighted by molar-refractivity contribution is 6.31. The summed E-state index contributed by atoms with van der Waals surface area (Å²) in [7, 11) is 0. The molecule has 1 heterocycles. The second-order valence-electron chi connectivity index (χ2n) is 5.77. The molecule has 0 saturated carbocycles. The van der Waals surface area contributed by atoms with Gasteiger partial charge in [-0.3, -0.25) is 4.90 Å². The fourth-order valence-electron chi connectivity index (χ4n) is 2.68. The molecule has 0 bridgehead atoms. The van der Waals surface area contributed by atoms with Crippen molar-refractivity contribution in [3.05, 3.63) is 34.9 Å². The van der Waals surface area contributed by atoms with Gasteiger partial charge < -0.3 is 5.32 Å². The van der Waals surface area contributed by atoms with Crippen LogP contribution in [0.2, 0.25) is 5.02 Å². The van der Waals surface area contributed by atoms with E-state index in [2.05, 4.69) is 43.1 Å². The fraction of sp³-hybridized carbons (Fsp3) is 0.625. The first-order chi connectivity index (χ1) is 9.11. The molecular weight excluding hydrogens is 256 g/mol. The van der Waals surface area contributed by atoms with E-state index in [0.717, 1.165) is 30.6 Å². The van der Waals surface area contributed by atoms with Crippen molar-refractivity contribution in [1.82, 2.24) is 10.2 Å². The Morgan fingerprint density at radius 2 is 2.16 bits per heavy atom. The number of nitrogens with one attached hydrogen (secondary N) is 1. The minimum absolute atomic E-state index is 0.566. The van der Waals surface area contributed by atoms with Crippen LogP contribution in [0.4, 0.5) is 0 Å². The predicted molar refractivity (Wildman–Crippen MR) is 82.6 cm³/mol. The van der Waals surface area contributed by atoms with Gasteiger partial charge in [0.1, 0.15) is 0 Å². The van der Waals surface area contributed by atoms with Gasteiger partial charge in [0, 0.05) is 36.7 Å². The van der Waals surface area contributed by atoms with E-state index in [0.29, 0.717) is 12.1 Å². The number of hydrogen-bond donors (Lipinski definition) is 1. The molecule has 1 aliphatic heterocycles. The van der Waals surface area contributed by atoms with Crippen molar-refractivity contribution >= 4 is 11.6 Å². The van der Waals surface area contributed by atoms with E-state index >= 15 is 0 Å². The smallest absolute Gasteiger partial charge is 0.0451 e. The van der Waals surface area contributed by atoms with Gasteiger partial charge in [0.2, 0.25) is 0 Å². The average Bonchev–Trinajstić information content (AvgIpc) is 2.42. The van der Waals surface area contributed by atoms with Crippen LogP contribution in [0.25, 0.3) is 0 Å². The third-order valence-corrected chi connectivity index (χ3v) is 4.76. The molecule has 3 atom stereocenters. The van der Waals surface area contributed by atoms with Gasteiger partial charge in [0.25, 0.3) is 0 Å². The van der Waals surface area contributed by atoms with Gasteiger partial charge >= 0.3 is 0 Å². The second-order valence-corrected chi connectivity index (χ2v) is 6.18. The summed E-state index contributed by atoms with van der Waals surface area (Å²) in [5.74, 6) is 0.723. The molecule has 106 valence electrons. The highest BCUT2D eigenvalue weighted by Crippen LogP contribution is 2.21. The first-order valence-electron chi connectivity index (χ1n) is 7.32. The van der Waals surface area contributed by atoms with Gasteiger partial charge in [-0.2, -0.15) is 0 Å². The molecule has 1 N–H and O–H groups in total. The Morgan fingerprint density at radius 3 is 2.84 bits per heavy atom. The maximum Gasteiger partial charge on any atom is 0.0451 e. The van der Waals surface area contributed by atoms with E-state index in [-0.39, 0.29) is 0 Å². The van der Waals surface area contributed by atoms with Crippen molar-refractivity contribution in [2.24, 2.45) is 5.92 Å². The third-order valence-electron chi connectivity index (χ3n) is 4.39. The summed E-state index contributed by atoms with van der Waals surface area (Å²) in [6.45, 7) is 10.0. The zero-order valence-corrected chi connectivity index (χ0v) is 13.0. The Morgan fingerprint density at radius 1 is 1.42 bits per heavy atom. The lowest BCUT2D eigenvalue weighted by Crippen LogP contribution is -2.56. The van der Waals surface area contributed by atoms with E-state index in [4.69, 9.17) is 11.6 Å². The van der Waals surface area contributed by atoms with Crippen molar-refractivity contribution < 1.29 is 0 Å². The first-order valence-corrected chi connectivity index (χ1v) is 7.70. The van der Waals surface area contributed by atoms with Crippen LogP contribution in [-0.4, -0.2) is 30.1 Å². The summed E-state index contributed by atoms with van der Waals surface area (Å²) in [5, 5.41) is 4.56. The van der Waals surface area contributed by atoms with Gasteiger partial charge in [-0.1, -0.05) is 50.1 Å². The van der Waals surface area contributed by atoms with E-state index < -0.39 is 0 Å². The van der Waals surface area contributed by atoms with Crippen LogP contribution in [0.15, 0.2) is 24.3 Å². The Balaban J connectivity index is 2.03. The minimum Gasteiger partial charge on any atom is -0.311 e. The van der Waals surface area contributed by atoms with E-state index in [1.165, 1.54) is 12.0 Å². The summed E-state index contributed by atoms with van der Waals surface area (Å²) in [6.07, 6.45) is 1.23. The molecule has 1 aromatic rings. The van der Waals surface area contributed by atoms with Crippen LogP contribution in [0, 0.1) is 5.92 Å². The van der Waals surface area contributed by atoms with E-state index in [9.17, 15) is 0 Å². The van der Waals surface area contributed by atoms with Crippen LogP contribution in [0.5, 0.6) is 0 Å². The fourth-order valence-corrected chi connectivity index (χ4v) is 2.88. The summed E-state index contributed by atoms with van der Waals surface area (Å²) in [4.78, 5) is 2.55. The maximum atomic E-state index is 6.28. The highest BCUT2D eigenvalue weighted by Gasteiger charge is 2.27. The molecule has 0 radical (unpaired) electrons. The topological polar surface area (TPSA) is 15.3 Å². The van der Waals surface area contributed by atoms with Gasteiger partial charge in [-0.05, 0) is 24.5 Å². The first kappa shape index (κ1) is 14.8. The number of piperazine rings is 1. The molecule has 0 aromatic heterocycles. The molecule has 1 fully saturated rings. The Hall–Kier alpha value is -0.570. The van der Waals surface area contributed by atoms with Crippen LogP contribution in [0.3, 0.4) is 0 Å². The maximum absolute atomic E-state index is 6.28. The number of benzene rings is 1. The Kier molecular flexibility index (Phi) is 5.26. The zero-order chi connectivity index (χ0) is 13.8. The molecule has 19 heavy (non-hydrogen) atoms. The summed E-state index contributed by atoms with van der Waals surface area (Å²) in [6, 6.07) is 9.35. The monoisotopic (exact) mass is 280 g/mol. The van der Waals surface area contributed by atoms with Gasteiger partial charge in [0.05, 0.1) is 0 Å². The largest absolute Gasteiger partial charge is 0.311 e. The highest BCUT2D eigenvalue weighted by atomic mass is 35.5. The lowest BCUT2D eigenvalue weighted by Gasteiger charge is -2.41. The minimum atomic E-state index is 0.566. The quantitative estimate of drug-likeness (QED) is 0.907. The van der Waals surface area contributed by atoms with Crippen LogP contribution in [0.1, 0.15) is 32.8 Å². The number of hydrogen-bond acceptors (Lipinski definition) is 2. The Bertz CT molecular complexity index is 407. The third kappa shape index (κ3) is 3.71. The normalized spacial score (nSPS) is 26.3. The number of rotatable bonds is 4. The zero-order valence-electron chi connectivity index (χ0n) is 12.2. The second kappa shape index (κ2) is 6.74. The number of halogens is 1. The molecule has 1 aromatic carbocycles. The van der Waals surface area contributed by atoms with Crippen molar-refractivity contribution in [3.63, 3.8) is 0 Å². The van der Waals surface area contributed by atoms with Crippen molar-refractivity contribution in [3.8, 4) is 0 Å². The summed E-state index contributed by atoms with van der Waals surface area (Å²) >= 11 is 6.28. The molecule has 0 spiro atoms. The molecule has 1 aliphatic rings. The molecule has 0 amide bonds. The molecule has 1 saturated heterocycles. The molecular formula is C16H25ClN2. The molecule has 2 rings (SSSR count). The molecule has 3 heteroatoms. The average molecular weight is 281 g/mol. The molecule has 2 nitrogen and oxygen atoms in total. The predicted octanol–water partition coefficient (Wildman–Crippen LogP) is 3.55. The van der Waals surface area contributed by atoms with Crippen LogP contribution >= 0.6 is 11.6 Å². The standard InChI is InChI=1S/C16H25ClN2/c1-4-12(2)16-11-19(13(3)9-18-16)10-14-7-5-6-8-15(14)17/h5-8,12-13,16,18H,4,9-11H2,1-3H3. The van der Waals surface area contributed by atoms with Crippen LogP contribution < -0.4 is 5.32 Å².